The fourth-order valence-corrected chi connectivity index (χ4v) is 3.24. The molecule has 0 bridgehead atoms. The third-order valence-corrected chi connectivity index (χ3v) is 4.37. The normalized spacial score (nSPS) is 16.1. The predicted molar refractivity (Wildman–Crippen MR) is 82.3 cm³/mol. The number of anilines is 1. The number of hydrogen-bond acceptors (Lipinski definition) is 3. The Bertz CT molecular complexity index is 461. The summed E-state index contributed by atoms with van der Waals surface area (Å²) in [6.07, 6.45) is 2.51. The summed E-state index contributed by atoms with van der Waals surface area (Å²) in [5.41, 5.74) is 1.90. The van der Waals surface area contributed by atoms with Crippen molar-refractivity contribution in [3.05, 3.63) is 28.2 Å². The van der Waals surface area contributed by atoms with Crippen molar-refractivity contribution in [1.82, 2.24) is 5.32 Å². The van der Waals surface area contributed by atoms with Crippen LogP contribution in [0.15, 0.2) is 22.7 Å². The zero-order valence-electron chi connectivity index (χ0n) is 11.3. The van der Waals surface area contributed by atoms with Crippen molar-refractivity contribution in [2.45, 2.75) is 19.8 Å². The van der Waals surface area contributed by atoms with E-state index in [1.165, 1.54) is 18.5 Å². The molecule has 0 amide bonds. The molecule has 1 heterocycles. The summed E-state index contributed by atoms with van der Waals surface area (Å²) in [6, 6.07) is 8.02. The summed E-state index contributed by atoms with van der Waals surface area (Å²) in [7, 11) is 0. The van der Waals surface area contributed by atoms with Gasteiger partial charge in [-0.3, -0.25) is 0 Å². The number of nitrogens with one attached hydrogen (secondary N) is 1. The summed E-state index contributed by atoms with van der Waals surface area (Å²) in [4.78, 5) is 2.40. The van der Waals surface area contributed by atoms with E-state index in [0.29, 0.717) is 5.56 Å². The fraction of sp³-hybridized carbons (Fsp3) is 0.533. The van der Waals surface area contributed by atoms with E-state index in [1.807, 2.05) is 18.2 Å². The van der Waals surface area contributed by atoms with E-state index in [1.54, 1.807) is 0 Å². The third kappa shape index (κ3) is 3.71. The molecular weight excluding hydrogens is 302 g/mol. The molecule has 0 aromatic heterocycles. The first-order valence-electron chi connectivity index (χ1n) is 6.90. The average Bonchev–Trinajstić information content (AvgIpc) is 2.46. The Kier molecular flexibility index (Phi) is 5.24. The van der Waals surface area contributed by atoms with Gasteiger partial charge in [-0.15, -0.1) is 0 Å². The minimum Gasteiger partial charge on any atom is -0.371 e. The van der Waals surface area contributed by atoms with Crippen molar-refractivity contribution in [3.63, 3.8) is 0 Å². The van der Waals surface area contributed by atoms with Crippen molar-refractivity contribution >= 4 is 21.6 Å². The first-order valence-corrected chi connectivity index (χ1v) is 7.69. The Labute approximate surface area is 123 Å². The van der Waals surface area contributed by atoms with Gasteiger partial charge in [-0.2, -0.15) is 5.26 Å². The SMILES string of the molecule is CCN(CC1CCNCC1)c1ccc(C#N)cc1Br. The maximum Gasteiger partial charge on any atom is 0.0992 e. The molecule has 2 rings (SSSR count). The van der Waals surface area contributed by atoms with E-state index in [9.17, 15) is 0 Å². The highest BCUT2D eigenvalue weighted by Crippen LogP contribution is 2.28. The second-order valence-electron chi connectivity index (χ2n) is 5.01. The number of nitriles is 1. The number of rotatable bonds is 4. The van der Waals surface area contributed by atoms with Gasteiger partial charge in [0, 0.05) is 17.6 Å². The zero-order chi connectivity index (χ0) is 13.7. The Balaban J connectivity index is 2.10. The van der Waals surface area contributed by atoms with Gasteiger partial charge < -0.3 is 10.2 Å². The van der Waals surface area contributed by atoms with Crippen LogP contribution in [0.2, 0.25) is 0 Å². The van der Waals surface area contributed by atoms with Crippen LogP contribution in [0.5, 0.6) is 0 Å². The Morgan fingerprint density at radius 2 is 2.16 bits per heavy atom. The second kappa shape index (κ2) is 6.93. The number of nitrogens with zero attached hydrogens (tertiary/aromatic N) is 2. The van der Waals surface area contributed by atoms with Gasteiger partial charge in [0.1, 0.15) is 0 Å². The van der Waals surface area contributed by atoms with Gasteiger partial charge >= 0.3 is 0 Å². The lowest BCUT2D eigenvalue weighted by atomic mass is 9.97. The molecule has 19 heavy (non-hydrogen) atoms. The largest absolute Gasteiger partial charge is 0.371 e. The van der Waals surface area contributed by atoms with Gasteiger partial charge in [0.15, 0.2) is 0 Å². The first-order chi connectivity index (χ1) is 9.24. The van der Waals surface area contributed by atoms with Gasteiger partial charge in [-0.05, 0) is 72.9 Å². The van der Waals surface area contributed by atoms with Crippen LogP contribution in [0, 0.1) is 17.2 Å². The minimum atomic E-state index is 0.702. The standard InChI is InChI=1S/C15H20BrN3/c1-2-19(11-12-5-7-18-8-6-12)15-4-3-13(10-17)9-14(15)16/h3-4,9,12,18H,2,5-8,11H2,1H3. The van der Waals surface area contributed by atoms with Crippen molar-refractivity contribution < 1.29 is 0 Å². The van der Waals surface area contributed by atoms with Crippen molar-refractivity contribution in [2.24, 2.45) is 5.92 Å². The smallest absolute Gasteiger partial charge is 0.0992 e. The van der Waals surface area contributed by atoms with E-state index in [-0.39, 0.29) is 0 Å². The van der Waals surface area contributed by atoms with E-state index < -0.39 is 0 Å². The Morgan fingerprint density at radius 3 is 2.74 bits per heavy atom. The predicted octanol–water partition coefficient (Wildman–Crippen LogP) is 3.15. The van der Waals surface area contributed by atoms with Crippen LogP contribution in [-0.2, 0) is 0 Å². The molecule has 3 nitrogen and oxygen atoms in total. The number of hydrogen-bond donors (Lipinski definition) is 1. The monoisotopic (exact) mass is 321 g/mol. The van der Waals surface area contributed by atoms with Crippen molar-refractivity contribution in [2.75, 3.05) is 31.1 Å². The molecule has 1 aliphatic rings. The molecular formula is C15H20BrN3. The number of piperidine rings is 1. The lowest BCUT2D eigenvalue weighted by Crippen LogP contribution is -2.36. The molecule has 0 spiro atoms. The Morgan fingerprint density at radius 1 is 1.42 bits per heavy atom. The van der Waals surface area contributed by atoms with Crippen LogP contribution in [0.4, 0.5) is 5.69 Å². The van der Waals surface area contributed by atoms with Gasteiger partial charge in [0.2, 0.25) is 0 Å². The van der Waals surface area contributed by atoms with E-state index >= 15 is 0 Å². The topological polar surface area (TPSA) is 39.1 Å². The molecule has 0 radical (unpaired) electrons. The number of halogens is 1. The van der Waals surface area contributed by atoms with Crippen LogP contribution in [0.3, 0.4) is 0 Å². The van der Waals surface area contributed by atoms with Gasteiger partial charge in [-0.25, -0.2) is 0 Å². The van der Waals surface area contributed by atoms with Crippen molar-refractivity contribution in [1.29, 1.82) is 5.26 Å². The molecule has 1 aromatic carbocycles. The summed E-state index contributed by atoms with van der Waals surface area (Å²) < 4.78 is 1.02. The van der Waals surface area contributed by atoms with Crippen LogP contribution >= 0.6 is 15.9 Å². The van der Waals surface area contributed by atoms with Gasteiger partial charge in [-0.1, -0.05) is 0 Å². The molecule has 0 atom stereocenters. The van der Waals surface area contributed by atoms with Crippen LogP contribution in [0.1, 0.15) is 25.3 Å². The van der Waals surface area contributed by atoms with E-state index in [2.05, 4.69) is 39.1 Å². The minimum absolute atomic E-state index is 0.702. The molecule has 0 unspecified atom stereocenters. The summed E-state index contributed by atoms with van der Waals surface area (Å²) in [6.45, 7) is 6.55. The zero-order valence-corrected chi connectivity index (χ0v) is 12.9. The third-order valence-electron chi connectivity index (χ3n) is 3.74. The molecule has 0 aliphatic carbocycles. The van der Waals surface area contributed by atoms with E-state index in [4.69, 9.17) is 5.26 Å². The highest BCUT2D eigenvalue weighted by Gasteiger charge is 2.17. The molecule has 1 N–H and O–H groups in total. The first kappa shape index (κ1) is 14.4. The maximum absolute atomic E-state index is 8.92. The molecule has 1 aromatic rings. The highest BCUT2D eigenvalue weighted by atomic mass is 79.9. The van der Waals surface area contributed by atoms with Crippen LogP contribution in [0.25, 0.3) is 0 Å². The van der Waals surface area contributed by atoms with E-state index in [0.717, 1.165) is 36.6 Å². The van der Waals surface area contributed by atoms with Crippen molar-refractivity contribution in [3.8, 4) is 6.07 Å². The number of benzene rings is 1. The summed E-state index contributed by atoms with van der Waals surface area (Å²) >= 11 is 3.59. The fourth-order valence-electron chi connectivity index (χ4n) is 2.61. The summed E-state index contributed by atoms with van der Waals surface area (Å²) in [5.74, 6) is 0.767. The molecule has 102 valence electrons. The molecule has 1 fully saturated rings. The molecule has 0 saturated carbocycles. The quantitative estimate of drug-likeness (QED) is 0.925. The molecule has 4 heteroatoms. The lowest BCUT2D eigenvalue weighted by molar-refractivity contribution is 0.374. The van der Waals surface area contributed by atoms with Crippen LogP contribution < -0.4 is 10.2 Å². The molecule has 1 aliphatic heterocycles. The highest BCUT2D eigenvalue weighted by molar-refractivity contribution is 9.10. The molecule has 1 saturated heterocycles. The average molecular weight is 322 g/mol. The van der Waals surface area contributed by atoms with Gasteiger partial charge in [0.05, 0.1) is 17.3 Å². The lowest BCUT2D eigenvalue weighted by Gasteiger charge is -2.31. The second-order valence-corrected chi connectivity index (χ2v) is 5.86. The Hall–Kier alpha value is -1.05. The van der Waals surface area contributed by atoms with Crippen LogP contribution in [-0.4, -0.2) is 26.2 Å². The summed E-state index contributed by atoms with van der Waals surface area (Å²) in [5, 5.41) is 12.3. The van der Waals surface area contributed by atoms with Gasteiger partial charge in [0.25, 0.3) is 0 Å². The maximum atomic E-state index is 8.92.